The summed E-state index contributed by atoms with van der Waals surface area (Å²) in [5.41, 5.74) is 4.96. The molecule has 1 fully saturated rings. The maximum absolute atomic E-state index is 13.3. The van der Waals surface area contributed by atoms with Gasteiger partial charge in [0.2, 0.25) is 0 Å². The van der Waals surface area contributed by atoms with Crippen molar-refractivity contribution in [3.63, 3.8) is 0 Å². The van der Waals surface area contributed by atoms with Crippen molar-refractivity contribution in [2.45, 2.75) is 49.9 Å². The predicted molar refractivity (Wildman–Crippen MR) is 149 cm³/mol. The van der Waals surface area contributed by atoms with Crippen LogP contribution in [0, 0.1) is 6.92 Å². The van der Waals surface area contributed by atoms with Crippen LogP contribution in [-0.4, -0.2) is 61.4 Å². The Morgan fingerprint density at radius 2 is 1.97 bits per heavy atom. The van der Waals surface area contributed by atoms with Gasteiger partial charge in [-0.1, -0.05) is 29.8 Å². The van der Waals surface area contributed by atoms with Gasteiger partial charge >= 0.3 is 5.97 Å². The Bertz CT molecular complexity index is 984. The minimum absolute atomic E-state index is 0.250. The monoisotopic (exact) mass is 515 g/mol. The van der Waals surface area contributed by atoms with Gasteiger partial charge in [-0.15, -0.1) is 0 Å². The highest BCUT2D eigenvalue weighted by atomic mass is 32.2. The normalized spacial score (nSPS) is 18.2. The summed E-state index contributed by atoms with van der Waals surface area (Å²) in [5, 5.41) is 10.2. The maximum atomic E-state index is 13.3. The van der Waals surface area contributed by atoms with E-state index >= 15 is 0 Å². The lowest BCUT2D eigenvalue weighted by Gasteiger charge is -2.19. The summed E-state index contributed by atoms with van der Waals surface area (Å²) in [7, 11) is 1.35. The third-order valence-electron chi connectivity index (χ3n) is 6.39. The molecule has 190 valence electrons. The van der Waals surface area contributed by atoms with Crippen LogP contribution in [0.1, 0.15) is 39.9 Å². The molecule has 0 bridgehead atoms. The summed E-state index contributed by atoms with van der Waals surface area (Å²) in [5.74, 6) is 0.0851. The summed E-state index contributed by atoms with van der Waals surface area (Å²) in [6, 6.07) is 14.0. The molecule has 2 aromatic carbocycles. The number of ether oxygens (including phenoxy) is 1. The fraction of sp³-hybridized carbons (Fsp3) is 0.481. The molecule has 2 unspecified atom stereocenters. The maximum Gasteiger partial charge on any atom is 0.328 e. The van der Waals surface area contributed by atoms with E-state index in [2.05, 4.69) is 65.8 Å². The fourth-order valence-corrected chi connectivity index (χ4v) is 5.03. The van der Waals surface area contributed by atoms with Crippen molar-refractivity contribution in [2.24, 2.45) is 0 Å². The second kappa shape index (κ2) is 13.8. The average Bonchev–Trinajstić information content (AvgIpc) is 3.28. The first-order valence-corrected chi connectivity index (χ1v) is 14.0. The van der Waals surface area contributed by atoms with Gasteiger partial charge < -0.3 is 20.7 Å². The predicted octanol–water partition coefficient (Wildman–Crippen LogP) is 3.88. The minimum Gasteiger partial charge on any atom is -0.467 e. The third-order valence-corrected chi connectivity index (χ3v) is 7.65. The Kier molecular flexibility index (Phi) is 10.8. The minimum atomic E-state index is -0.663. The highest BCUT2D eigenvalue weighted by molar-refractivity contribution is 7.98. The number of thioether (sulfide) groups is 1. The molecule has 8 heteroatoms. The number of methoxy groups -OCH3 is 1. The molecule has 0 spiro atoms. The molecule has 2 aromatic rings. The number of anilines is 1. The van der Waals surface area contributed by atoms with Gasteiger partial charge in [0.25, 0.3) is 5.91 Å². The molecule has 1 heterocycles. The van der Waals surface area contributed by atoms with Crippen LogP contribution in [0.5, 0.6) is 0 Å². The molecule has 3 rings (SSSR count). The fourth-order valence-electron chi connectivity index (χ4n) is 4.22. The quantitative estimate of drug-likeness (QED) is 0.254. The van der Waals surface area contributed by atoms with Crippen molar-refractivity contribution in [1.82, 2.24) is 10.6 Å². The van der Waals surface area contributed by atoms with Crippen LogP contribution in [0.3, 0.4) is 0 Å². The SMILES string of the molecule is COC(=O)[C@H](CCSC)NC(=O)c1ccc(NCC2NCCC2S)cc1CCc1ccc(C)cc1. The molecular weight excluding hydrogens is 478 g/mol. The van der Waals surface area contributed by atoms with Crippen molar-refractivity contribution >= 4 is 42.0 Å². The molecule has 1 aliphatic heterocycles. The molecule has 0 aliphatic carbocycles. The van der Waals surface area contributed by atoms with Crippen molar-refractivity contribution < 1.29 is 14.3 Å². The average molecular weight is 516 g/mol. The van der Waals surface area contributed by atoms with Gasteiger partial charge in [-0.05, 0) is 80.5 Å². The number of esters is 1. The molecule has 6 nitrogen and oxygen atoms in total. The van der Waals surface area contributed by atoms with Crippen LogP contribution in [0.2, 0.25) is 0 Å². The van der Waals surface area contributed by atoms with Gasteiger partial charge in [0, 0.05) is 29.1 Å². The van der Waals surface area contributed by atoms with Crippen LogP contribution in [0.15, 0.2) is 42.5 Å². The lowest BCUT2D eigenvalue weighted by molar-refractivity contribution is -0.142. The molecule has 0 radical (unpaired) electrons. The number of rotatable bonds is 12. The zero-order chi connectivity index (χ0) is 25.2. The van der Waals surface area contributed by atoms with E-state index in [-0.39, 0.29) is 5.91 Å². The summed E-state index contributed by atoms with van der Waals surface area (Å²) in [6.45, 7) is 3.83. The Morgan fingerprint density at radius 1 is 1.20 bits per heavy atom. The van der Waals surface area contributed by atoms with E-state index in [4.69, 9.17) is 4.74 Å². The van der Waals surface area contributed by atoms with Gasteiger partial charge in [-0.3, -0.25) is 4.79 Å². The highest BCUT2D eigenvalue weighted by Gasteiger charge is 2.24. The first kappa shape index (κ1) is 27.4. The van der Waals surface area contributed by atoms with E-state index in [1.54, 1.807) is 11.8 Å². The van der Waals surface area contributed by atoms with Gasteiger partial charge in [0.15, 0.2) is 0 Å². The first-order valence-electron chi connectivity index (χ1n) is 12.1. The Hall–Kier alpha value is -2.16. The van der Waals surface area contributed by atoms with Crippen LogP contribution in [0.4, 0.5) is 5.69 Å². The number of nitrogens with one attached hydrogen (secondary N) is 3. The number of benzene rings is 2. The van der Waals surface area contributed by atoms with E-state index in [0.29, 0.717) is 29.7 Å². The molecule has 3 N–H and O–H groups in total. The number of carbonyl (C=O) groups excluding carboxylic acids is 2. The van der Waals surface area contributed by atoms with Gasteiger partial charge in [-0.2, -0.15) is 24.4 Å². The number of amides is 1. The largest absolute Gasteiger partial charge is 0.467 e. The van der Waals surface area contributed by atoms with Crippen molar-refractivity contribution in [3.8, 4) is 0 Å². The van der Waals surface area contributed by atoms with E-state index < -0.39 is 12.0 Å². The number of aryl methyl sites for hydroxylation is 3. The smallest absolute Gasteiger partial charge is 0.328 e. The lowest BCUT2D eigenvalue weighted by atomic mass is 9.97. The van der Waals surface area contributed by atoms with Gasteiger partial charge in [0.1, 0.15) is 6.04 Å². The second-order valence-electron chi connectivity index (χ2n) is 8.99. The Labute approximate surface area is 218 Å². The highest BCUT2D eigenvalue weighted by Crippen LogP contribution is 2.21. The summed E-state index contributed by atoms with van der Waals surface area (Å²) >= 11 is 6.29. The second-order valence-corrected chi connectivity index (χ2v) is 10.6. The standard InChI is InChI=1S/C27H37N3O3S2/c1-18-4-6-19(7-5-18)8-9-20-16-21(29-17-24-25(34)12-14-28-24)10-11-22(20)26(31)30-23(13-15-35-3)27(32)33-2/h4-7,10-11,16,23-25,28-29,34H,8-9,12-15,17H2,1-3H3,(H,30,31)/t23-,24?,25?/m0/s1. The third kappa shape index (κ3) is 8.19. The molecular formula is C27H37N3O3S2. The summed E-state index contributed by atoms with van der Waals surface area (Å²) in [6.07, 6.45) is 5.10. The topological polar surface area (TPSA) is 79.5 Å². The van der Waals surface area contributed by atoms with Crippen LogP contribution in [-0.2, 0) is 22.4 Å². The first-order chi connectivity index (χ1) is 16.9. The zero-order valence-electron chi connectivity index (χ0n) is 20.8. The van der Waals surface area contributed by atoms with Gasteiger partial charge in [0.05, 0.1) is 7.11 Å². The van der Waals surface area contributed by atoms with E-state index in [1.807, 2.05) is 18.4 Å². The van der Waals surface area contributed by atoms with E-state index in [9.17, 15) is 9.59 Å². The lowest BCUT2D eigenvalue weighted by Crippen LogP contribution is -2.42. The summed E-state index contributed by atoms with van der Waals surface area (Å²) < 4.78 is 4.91. The van der Waals surface area contributed by atoms with Crippen molar-refractivity contribution in [2.75, 3.05) is 37.5 Å². The van der Waals surface area contributed by atoms with Gasteiger partial charge in [-0.25, -0.2) is 4.79 Å². The van der Waals surface area contributed by atoms with Crippen LogP contribution >= 0.6 is 24.4 Å². The summed E-state index contributed by atoms with van der Waals surface area (Å²) in [4.78, 5) is 25.5. The molecule has 0 saturated carbocycles. The van der Waals surface area contributed by atoms with Crippen LogP contribution in [0.25, 0.3) is 0 Å². The number of hydrogen-bond donors (Lipinski definition) is 4. The Morgan fingerprint density at radius 3 is 2.63 bits per heavy atom. The van der Waals surface area contributed by atoms with Crippen molar-refractivity contribution in [1.29, 1.82) is 0 Å². The molecule has 1 amide bonds. The zero-order valence-corrected chi connectivity index (χ0v) is 22.5. The molecule has 1 saturated heterocycles. The molecule has 3 atom stereocenters. The van der Waals surface area contributed by atoms with E-state index in [1.165, 1.54) is 18.2 Å². The number of carbonyl (C=O) groups is 2. The van der Waals surface area contributed by atoms with Crippen LogP contribution < -0.4 is 16.0 Å². The number of hydrogen-bond acceptors (Lipinski definition) is 7. The molecule has 1 aliphatic rings. The molecule has 0 aromatic heterocycles. The van der Waals surface area contributed by atoms with E-state index in [0.717, 1.165) is 42.9 Å². The molecule has 35 heavy (non-hydrogen) atoms. The number of thiol groups is 1. The Balaban J connectivity index is 1.78. The van der Waals surface area contributed by atoms with Crippen molar-refractivity contribution in [3.05, 3.63) is 64.7 Å².